The average Bonchev–Trinajstić information content (AvgIpc) is 2.67. The highest BCUT2D eigenvalue weighted by atomic mass is 35.5. The summed E-state index contributed by atoms with van der Waals surface area (Å²) in [4.78, 5) is 17.4. The number of ether oxygens (including phenoxy) is 1. The first-order chi connectivity index (χ1) is 12.1. The Kier molecular flexibility index (Phi) is 10.9. The maximum absolute atomic E-state index is 12.7. The molecule has 2 aliphatic heterocycles. The van der Waals surface area contributed by atoms with Crippen molar-refractivity contribution >= 4 is 30.7 Å². The summed E-state index contributed by atoms with van der Waals surface area (Å²) in [6, 6.07) is 0.397. The van der Waals surface area contributed by atoms with E-state index in [0.717, 1.165) is 70.1 Å². The van der Waals surface area contributed by atoms with E-state index in [9.17, 15) is 4.79 Å². The molecule has 3 fully saturated rings. The Morgan fingerprint density at radius 1 is 0.889 bits per heavy atom. The van der Waals surface area contributed by atoms with Crippen molar-refractivity contribution in [1.29, 1.82) is 0 Å². The maximum atomic E-state index is 12.7. The van der Waals surface area contributed by atoms with Crippen LogP contribution in [0.5, 0.6) is 0 Å². The summed E-state index contributed by atoms with van der Waals surface area (Å²) >= 11 is 0. The largest absolute Gasteiger partial charge is 0.381 e. The Labute approximate surface area is 177 Å². The zero-order valence-electron chi connectivity index (χ0n) is 17.0. The predicted molar refractivity (Wildman–Crippen MR) is 115 cm³/mol. The highest BCUT2D eigenvalue weighted by Gasteiger charge is 2.34. The normalized spacial score (nSPS) is 29.0. The van der Waals surface area contributed by atoms with Crippen LogP contribution in [0.2, 0.25) is 0 Å². The summed E-state index contributed by atoms with van der Waals surface area (Å²) in [5.41, 5.74) is 6.28. The molecule has 0 spiro atoms. The second-order valence-corrected chi connectivity index (χ2v) is 8.65. The Morgan fingerprint density at radius 3 is 1.96 bits per heavy atom. The van der Waals surface area contributed by atoms with Gasteiger partial charge in [0.15, 0.2) is 0 Å². The topological polar surface area (TPSA) is 58.8 Å². The van der Waals surface area contributed by atoms with Gasteiger partial charge < -0.3 is 15.4 Å². The van der Waals surface area contributed by atoms with E-state index in [2.05, 4.69) is 18.7 Å². The van der Waals surface area contributed by atoms with Crippen LogP contribution in [0, 0.1) is 17.8 Å². The van der Waals surface area contributed by atoms with Crippen LogP contribution in [-0.4, -0.2) is 67.2 Å². The highest BCUT2D eigenvalue weighted by Crippen LogP contribution is 2.32. The third-order valence-corrected chi connectivity index (χ3v) is 6.89. The molecule has 2 N–H and O–H groups in total. The van der Waals surface area contributed by atoms with E-state index in [4.69, 9.17) is 10.5 Å². The van der Waals surface area contributed by atoms with Crippen molar-refractivity contribution in [2.45, 2.75) is 64.5 Å². The van der Waals surface area contributed by atoms with Crippen molar-refractivity contribution in [3.05, 3.63) is 0 Å². The van der Waals surface area contributed by atoms with Gasteiger partial charge in [-0.15, -0.1) is 24.8 Å². The van der Waals surface area contributed by atoms with Gasteiger partial charge in [-0.2, -0.15) is 0 Å². The van der Waals surface area contributed by atoms with E-state index in [-0.39, 0.29) is 36.8 Å². The first-order valence-corrected chi connectivity index (χ1v) is 10.4. The minimum absolute atomic E-state index is 0. The number of carbonyl (C=O) groups excluding carboxylic acids is 1. The van der Waals surface area contributed by atoms with Gasteiger partial charge in [-0.25, -0.2) is 0 Å². The maximum Gasteiger partial charge on any atom is 0.239 e. The molecule has 5 nitrogen and oxygen atoms in total. The van der Waals surface area contributed by atoms with Crippen molar-refractivity contribution in [1.82, 2.24) is 9.80 Å². The monoisotopic (exact) mass is 423 g/mol. The molecule has 2 heterocycles. The number of amides is 1. The molecule has 1 amide bonds. The first-order valence-electron chi connectivity index (χ1n) is 10.4. The Balaban J connectivity index is 0.00000182. The van der Waals surface area contributed by atoms with Crippen LogP contribution in [-0.2, 0) is 9.53 Å². The standard InChI is InChI=1S/C20H37N3O2.2ClH/c1-15(2)16-3-5-18(6-4-16)22-9-11-23(12-10-22)20(24)19(21)17-7-13-25-14-8-17;;/h15-19H,3-14,21H2,1-2H3;2*1H. The predicted octanol–water partition coefficient (Wildman–Crippen LogP) is 2.94. The van der Waals surface area contributed by atoms with Crippen LogP contribution in [0.4, 0.5) is 0 Å². The molecule has 1 unspecified atom stereocenters. The summed E-state index contributed by atoms with van der Waals surface area (Å²) < 4.78 is 5.39. The summed E-state index contributed by atoms with van der Waals surface area (Å²) in [5, 5.41) is 0. The van der Waals surface area contributed by atoms with Crippen LogP contribution in [0.25, 0.3) is 0 Å². The van der Waals surface area contributed by atoms with Crippen LogP contribution >= 0.6 is 24.8 Å². The summed E-state index contributed by atoms with van der Waals surface area (Å²) in [6.45, 7) is 9.94. The molecule has 3 rings (SSSR count). The fourth-order valence-electron chi connectivity index (χ4n) is 4.93. The second kappa shape index (κ2) is 11.8. The number of carbonyl (C=O) groups is 1. The highest BCUT2D eigenvalue weighted by molar-refractivity contribution is 5.85. The minimum Gasteiger partial charge on any atom is -0.381 e. The molecule has 1 saturated carbocycles. The first kappa shape index (κ1) is 25.0. The number of hydrogen-bond acceptors (Lipinski definition) is 4. The smallest absolute Gasteiger partial charge is 0.239 e. The van der Waals surface area contributed by atoms with Crippen LogP contribution in [0.15, 0.2) is 0 Å². The lowest BCUT2D eigenvalue weighted by Crippen LogP contribution is -2.57. The molecular formula is C20H39Cl2N3O2. The number of hydrogen-bond donors (Lipinski definition) is 1. The quantitative estimate of drug-likeness (QED) is 0.754. The van der Waals surface area contributed by atoms with Crippen molar-refractivity contribution in [3.8, 4) is 0 Å². The molecule has 0 aromatic carbocycles. The van der Waals surface area contributed by atoms with Gasteiger partial charge in [0, 0.05) is 45.4 Å². The van der Waals surface area contributed by atoms with Crippen LogP contribution in [0.1, 0.15) is 52.4 Å². The molecule has 27 heavy (non-hydrogen) atoms. The molecule has 0 aromatic heterocycles. The van der Waals surface area contributed by atoms with E-state index in [1.54, 1.807) is 0 Å². The summed E-state index contributed by atoms with van der Waals surface area (Å²) in [7, 11) is 0. The van der Waals surface area contributed by atoms with Gasteiger partial charge in [-0.05, 0) is 56.3 Å². The van der Waals surface area contributed by atoms with E-state index < -0.39 is 0 Å². The number of halogens is 2. The average molecular weight is 424 g/mol. The Morgan fingerprint density at radius 2 is 1.44 bits per heavy atom. The second-order valence-electron chi connectivity index (χ2n) is 8.65. The molecule has 7 heteroatoms. The molecule has 0 radical (unpaired) electrons. The Bertz CT molecular complexity index is 431. The molecule has 3 aliphatic rings. The molecule has 2 saturated heterocycles. The molecule has 0 aromatic rings. The van der Waals surface area contributed by atoms with Crippen molar-refractivity contribution < 1.29 is 9.53 Å². The lowest BCUT2D eigenvalue weighted by atomic mass is 9.79. The molecule has 1 atom stereocenters. The van der Waals surface area contributed by atoms with Crippen LogP contribution < -0.4 is 5.73 Å². The van der Waals surface area contributed by atoms with Gasteiger partial charge in [-0.3, -0.25) is 9.69 Å². The third kappa shape index (κ3) is 6.46. The van der Waals surface area contributed by atoms with E-state index >= 15 is 0 Å². The van der Waals surface area contributed by atoms with E-state index in [1.165, 1.54) is 25.7 Å². The van der Waals surface area contributed by atoms with Crippen LogP contribution in [0.3, 0.4) is 0 Å². The molecule has 1 aliphatic carbocycles. The summed E-state index contributed by atoms with van der Waals surface area (Å²) in [6.07, 6.45) is 7.25. The van der Waals surface area contributed by atoms with Gasteiger partial charge in [0.2, 0.25) is 5.91 Å². The third-order valence-electron chi connectivity index (χ3n) is 6.89. The van der Waals surface area contributed by atoms with E-state index in [0.29, 0.717) is 5.92 Å². The number of nitrogens with two attached hydrogens (primary N) is 1. The zero-order valence-corrected chi connectivity index (χ0v) is 18.6. The van der Waals surface area contributed by atoms with E-state index in [1.807, 2.05) is 4.90 Å². The van der Waals surface area contributed by atoms with Gasteiger partial charge in [0.25, 0.3) is 0 Å². The number of rotatable bonds is 4. The SMILES string of the molecule is CC(C)C1CCC(N2CCN(C(=O)C(N)C3CCOCC3)CC2)CC1.Cl.Cl. The summed E-state index contributed by atoms with van der Waals surface area (Å²) in [5.74, 6) is 2.19. The molecule has 160 valence electrons. The van der Waals surface area contributed by atoms with Gasteiger partial charge in [0.05, 0.1) is 6.04 Å². The van der Waals surface area contributed by atoms with Crippen molar-refractivity contribution in [2.75, 3.05) is 39.4 Å². The minimum atomic E-state index is -0.336. The molecule has 0 bridgehead atoms. The lowest BCUT2D eigenvalue weighted by molar-refractivity contribution is -0.137. The van der Waals surface area contributed by atoms with Gasteiger partial charge in [0.1, 0.15) is 0 Å². The lowest BCUT2D eigenvalue weighted by Gasteiger charge is -2.43. The Hall–Kier alpha value is -0.0700. The van der Waals surface area contributed by atoms with Gasteiger partial charge in [-0.1, -0.05) is 13.8 Å². The fraction of sp³-hybridized carbons (Fsp3) is 0.950. The number of nitrogens with zero attached hydrogens (tertiary/aromatic N) is 2. The van der Waals surface area contributed by atoms with Gasteiger partial charge >= 0.3 is 0 Å². The molecular weight excluding hydrogens is 385 g/mol. The zero-order chi connectivity index (χ0) is 17.8. The fourth-order valence-corrected chi connectivity index (χ4v) is 4.93. The van der Waals surface area contributed by atoms with Crippen molar-refractivity contribution in [2.24, 2.45) is 23.5 Å². The number of piperazine rings is 1. The van der Waals surface area contributed by atoms with Crippen molar-refractivity contribution in [3.63, 3.8) is 0 Å².